The Morgan fingerprint density at radius 2 is 1.90 bits per heavy atom. The van der Waals surface area contributed by atoms with Crippen molar-refractivity contribution in [3.8, 4) is 5.75 Å². The number of aryl methyl sites for hydroxylation is 1. The van der Waals surface area contributed by atoms with Gasteiger partial charge < -0.3 is 10.1 Å². The molecule has 2 aromatic rings. The lowest BCUT2D eigenvalue weighted by Crippen LogP contribution is -2.05. The van der Waals surface area contributed by atoms with Gasteiger partial charge in [-0.25, -0.2) is 0 Å². The van der Waals surface area contributed by atoms with Crippen LogP contribution in [0.25, 0.3) is 0 Å². The first-order valence-electron chi connectivity index (χ1n) is 6.62. The molecule has 0 atom stereocenters. The number of nitrogens with one attached hydrogen (secondary N) is 1. The van der Waals surface area contributed by atoms with Gasteiger partial charge in [-0.1, -0.05) is 28.1 Å². The van der Waals surface area contributed by atoms with Crippen LogP contribution < -0.4 is 10.1 Å². The van der Waals surface area contributed by atoms with E-state index in [-0.39, 0.29) is 0 Å². The van der Waals surface area contributed by atoms with Gasteiger partial charge in [-0.3, -0.25) is 0 Å². The van der Waals surface area contributed by atoms with Crippen molar-refractivity contribution in [1.29, 1.82) is 0 Å². The predicted molar refractivity (Wildman–Crippen MR) is 99.2 cm³/mol. The fourth-order valence-electron chi connectivity index (χ4n) is 2.03. The van der Waals surface area contributed by atoms with Gasteiger partial charge in [0, 0.05) is 26.7 Å². The number of rotatable bonds is 5. The van der Waals surface area contributed by atoms with Gasteiger partial charge in [0.15, 0.2) is 0 Å². The van der Waals surface area contributed by atoms with E-state index in [1.54, 1.807) is 0 Å². The number of benzene rings is 2. The normalized spacial score (nSPS) is 10.5. The molecule has 0 aliphatic heterocycles. The third-order valence-electron chi connectivity index (χ3n) is 3.04. The molecule has 0 aliphatic rings. The average molecular weight is 478 g/mol. The molecule has 0 saturated heterocycles. The van der Waals surface area contributed by atoms with Gasteiger partial charge in [0.25, 0.3) is 0 Å². The lowest BCUT2D eigenvalue weighted by atomic mass is 10.2. The van der Waals surface area contributed by atoms with Crippen LogP contribution in [0.2, 0.25) is 0 Å². The highest BCUT2D eigenvalue weighted by Crippen LogP contribution is 2.34. The highest BCUT2D eigenvalue weighted by Gasteiger charge is 2.11. The quantitative estimate of drug-likeness (QED) is 0.546. The fourth-order valence-corrected chi connectivity index (χ4v) is 3.86. The molecule has 112 valence electrons. The Bertz CT molecular complexity index is 644. The standard InChI is InChI=1S/C16H16Br3NO/c1-3-21-16-11(7-12(17)8-13(16)18)9-20-14-6-4-5-10(2)15(14)19/h4-8,20H,3,9H2,1-2H3. The molecule has 1 N–H and O–H groups in total. The molecule has 0 spiro atoms. The van der Waals surface area contributed by atoms with E-state index in [4.69, 9.17) is 4.74 Å². The van der Waals surface area contributed by atoms with Crippen LogP contribution in [-0.2, 0) is 6.54 Å². The summed E-state index contributed by atoms with van der Waals surface area (Å²) in [6.07, 6.45) is 0. The highest BCUT2D eigenvalue weighted by molar-refractivity contribution is 9.11. The molecule has 0 unspecified atom stereocenters. The maximum Gasteiger partial charge on any atom is 0.138 e. The number of halogens is 3. The maximum absolute atomic E-state index is 5.75. The molecule has 2 rings (SSSR count). The molecule has 0 aliphatic carbocycles. The highest BCUT2D eigenvalue weighted by atomic mass is 79.9. The smallest absolute Gasteiger partial charge is 0.138 e. The SMILES string of the molecule is CCOc1c(Br)cc(Br)cc1CNc1cccc(C)c1Br. The lowest BCUT2D eigenvalue weighted by molar-refractivity contribution is 0.334. The summed E-state index contributed by atoms with van der Waals surface area (Å²) >= 11 is 10.7. The summed E-state index contributed by atoms with van der Waals surface area (Å²) in [5.74, 6) is 0.886. The Balaban J connectivity index is 2.25. The van der Waals surface area contributed by atoms with Crippen molar-refractivity contribution in [3.63, 3.8) is 0 Å². The van der Waals surface area contributed by atoms with Crippen LogP contribution in [0, 0.1) is 6.92 Å². The van der Waals surface area contributed by atoms with Crippen molar-refractivity contribution in [2.45, 2.75) is 20.4 Å². The van der Waals surface area contributed by atoms with Gasteiger partial charge in [0.1, 0.15) is 5.75 Å². The van der Waals surface area contributed by atoms with Crippen molar-refractivity contribution < 1.29 is 4.74 Å². The van der Waals surface area contributed by atoms with Gasteiger partial charge in [0.2, 0.25) is 0 Å². The minimum atomic E-state index is 0.640. The zero-order valence-electron chi connectivity index (χ0n) is 11.8. The van der Waals surface area contributed by atoms with E-state index >= 15 is 0 Å². The largest absolute Gasteiger partial charge is 0.492 e. The first-order chi connectivity index (χ1) is 10.0. The Labute approximate surface area is 150 Å². The zero-order chi connectivity index (χ0) is 15.4. The summed E-state index contributed by atoms with van der Waals surface area (Å²) in [5.41, 5.74) is 3.39. The van der Waals surface area contributed by atoms with Crippen molar-refractivity contribution >= 4 is 53.5 Å². The molecule has 0 heterocycles. The van der Waals surface area contributed by atoms with Crippen molar-refractivity contribution in [3.05, 3.63) is 54.9 Å². The second-order valence-electron chi connectivity index (χ2n) is 4.60. The molecule has 5 heteroatoms. The van der Waals surface area contributed by atoms with Crippen LogP contribution in [0.4, 0.5) is 5.69 Å². The van der Waals surface area contributed by atoms with Crippen LogP contribution >= 0.6 is 47.8 Å². The number of ether oxygens (including phenoxy) is 1. The summed E-state index contributed by atoms with van der Waals surface area (Å²) in [7, 11) is 0. The number of hydrogen-bond donors (Lipinski definition) is 1. The molecule has 2 nitrogen and oxygen atoms in total. The molecule has 21 heavy (non-hydrogen) atoms. The van der Waals surface area contributed by atoms with Gasteiger partial charge in [-0.05, 0) is 69.5 Å². The third-order valence-corrected chi connectivity index (χ3v) is 5.13. The first-order valence-corrected chi connectivity index (χ1v) is 9.00. The Kier molecular flexibility index (Phi) is 6.14. The molecule has 0 saturated carbocycles. The summed E-state index contributed by atoms with van der Waals surface area (Å²) in [4.78, 5) is 0. The maximum atomic E-state index is 5.75. The molecule has 0 radical (unpaired) electrons. The molecule has 0 fully saturated rings. The lowest BCUT2D eigenvalue weighted by Gasteiger charge is -2.15. The molecular formula is C16H16Br3NO. The Morgan fingerprint density at radius 3 is 2.62 bits per heavy atom. The topological polar surface area (TPSA) is 21.3 Å². The van der Waals surface area contributed by atoms with Crippen LogP contribution in [0.1, 0.15) is 18.1 Å². The van der Waals surface area contributed by atoms with Crippen LogP contribution in [0.15, 0.2) is 43.7 Å². The molecule has 0 bridgehead atoms. The fraction of sp³-hybridized carbons (Fsp3) is 0.250. The Hall–Kier alpha value is -0.520. The van der Waals surface area contributed by atoms with Crippen molar-refractivity contribution in [2.75, 3.05) is 11.9 Å². The minimum absolute atomic E-state index is 0.640. The molecule has 2 aromatic carbocycles. The monoisotopic (exact) mass is 475 g/mol. The Morgan fingerprint density at radius 1 is 1.14 bits per heavy atom. The van der Waals surface area contributed by atoms with E-state index in [0.717, 1.165) is 30.4 Å². The van der Waals surface area contributed by atoms with E-state index in [2.05, 4.69) is 78.2 Å². The first kappa shape index (κ1) is 16.8. The number of hydrogen-bond acceptors (Lipinski definition) is 2. The molecular weight excluding hydrogens is 462 g/mol. The summed E-state index contributed by atoms with van der Waals surface area (Å²) in [5, 5.41) is 3.45. The van der Waals surface area contributed by atoms with Crippen LogP contribution in [-0.4, -0.2) is 6.61 Å². The third kappa shape index (κ3) is 4.24. The van der Waals surface area contributed by atoms with Crippen molar-refractivity contribution in [1.82, 2.24) is 0 Å². The van der Waals surface area contributed by atoms with Crippen LogP contribution in [0.5, 0.6) is 5.75 Å². The predicted octanol–water partition coefficient (Wildman–Crippen LogP) is 6.29. The van der Waals surface area contributed by atoms with Gasteiger partial charge >= 0.3 is 0 Å². The van der Waals surface area contributed by atoms with Crippen LogP contribution in [0.3, 0.4) is 0 Å². The zero-order valence-corrected chi connectivity index (χ0v) is 16.6. The van der Waals surface area contributed by atoms with E-state index in [1.807, 2.05) is 19.1 Å². The minimum Gasteiger partial charge on any atom is -0.492 e. The average Bonchev–Trinajstić information content (AvgIpc) is 2.44. The number of anilines is 1. The molecule has 0 aromatic heterocycles. The van der Waals surface area contributed by atoms with E-state index in [9.17, 15) is 0 Å². The summed E-state index contributed by atoms with van der Waals surface area (Å²) in [6.45, 7) is 5.40. The second-order valence-corrected chi connectivity index (χ2v) is 7.16. The van der Waals surface area contributed by atoms with E-state index in [0.29, 0.717) is 13.2 Å². The van der Waals surface area contributed by atoms with Gasteiger partial charge in [-0.2, -0.15) is 0 Å². The van der Waals surface area contributed by atoms with Crippen molar-refractivity contribution in [2.24, 2.45) is 0 Å². The summed E-state index contributed by atoms with van der Waals surface area (Å²) < 4.78 is 8.82. The van der Waals surface area contributed by atoms with Gasteiger partial charge in [-0.15, -0.1) is 0 Å². The molecule has 0 amide bonds. The van der Waals surface area contributed by atoms with Gasteiger partial charge in [0.05, 0.1) is 11.1 Å². The van der Waals surface area contributed by atoms with E-state index < -0.39 is 0 Å². The van der Waals surface area contributed by atoms with E-state index in [1.165, 1.54) is 5.56 Å². The summed E-state index contributed by atoms with van der Waals surface area (Å²) in [6, 6.07) is 10.3. The second kappa shape index (κ2) is 7.65.